The fourth-order valence-electron chi connectivity index (χ4n) is 1.85. The van der Waals surface area contributed by atoms with E-state index in [0.29, 0.717) is 6.54 Å². The van der Waals surface area contributed by atoms with Crippen LogP contribution in [0.25, 0.3) is 0 Å². The van der Waals surface area contributed by atoms with Crippen LogP contribution >= 0.6 is 0 Å². The van der Waals surface area contributed by atoms with Gasteiger partial charge in [0, 0.05) is 24.5 Å². The van der Waals surface area contributed by atoms with Crippen molar-refractivity contribution in [3.63, 3.8) is 0 Å². The minimum Gasteiger partial charge on any atom is -0.356 e. The molecule has 0 radical (unpaired) electrons. The molecule has 0 aliphatic heterocycles. The summed E-state index contributed by atoms with van der Waals surface area (Å²) in [5, 5.41) is 6.61. The first-order valence-electron chi connectivity index (χ1n) is 6.89. The van der Waals surface area contributed by atoms with Gasteiger partial charge in [-0.05, 0) is 38.5 Å². The number of nitrogens with zero attached hydrogens (tertiary/aromatic N) is 1. The molecule has 0 fully saturated rings. The highest BCUT2D eigenvalue weighted by atomic mass is 19.1. The monoisotopic (exact) mass is 279 g/mol. The summed E-state index contributed by atoms with van der Waals surface area (Å²) in [5.41, 5.74) is 0.735. The molecule has 0 spiro atoms. The van der Waals surface area contributed by atoms with Crippen LogP contribution in [-0.2, 0) is 5.41 Å². The fourth-order valence-corrected chi connectivity index (χ4v) is 1.85. The molecule has 0 amide bonds. The Bertz CT molecular complexity index is 473. The van der Waals surface area contributed by atoms with E-state index >= 15 is 0 Å². The lowest BCUT2D eigenvalue weighted by molar-refractivity contribution is 0.475. The van der Waals surface area contributed by atoms with E-state index in [-0.39, 0.29) is 16.8 Å². The van der Waals surface area contributed by atoms with E-state index in [4.69, 9.17) is 0 Å². The lowest BCUT2D eigenvalue weighted by atomic mass is 9.84. The predicted octanol–water partition coefficient (Wildman–Crippen LogP) is 3.07. The number of hydrogen-bond donors (Lipinski definition) is 2. The van der Waals surface area contributed by atoms with E-state index < -0.39 is 0 Å². The molecule has 0 aliphatic rings. The Morgan fingerprint density at radius 1 is 1.20 bits per heavy atom. The minimum absolute atomic E-state index is 0.0508. The van der Waals surface area contributed by atoms with Crippen LogP contribution in [-0.4, -0.2) is 25.1 Å². The maximum Gasteiger partial charge on any atom is 0.191 e. The van der Waals surface area contributed by atoms with Crippen molar-refractivity contribution >= 4 is 5.96 Å². The number of nitrogens with one attached hydrogen (secondary N) is 2. The van der Waals surface area contributed by atoms with Gasteiger partial charge < -0.3 is 10.6 Å². The first-order chi connectivity index (χ1) is 9.14. The van der Waals surface area contributed by atoms with Crippen molar-refractivity contribution in [2.75, 3.05) is 13.6 Å². The summed E-state index contributed by atoms with van der Waals surface area (Å²) in [5.74, 6) is 0.551. The van der Waals surface area contributed by atoms with Crippen LogP contribution in [0.2, 0.25) is 0 Å². The summed E-state index contributed by atoms with van der Waals surface area (Å²) in [6.07, 6.45) is 0. The number of hydrogen-bond acceptors (Lipinski definition) is 1. The molecule has 0 aliphatic carbocycles. The Morgan fingerprint density at radius 3 is 2.35 bits per heavy atom. The molecule has 2 N–H and O–H groups in total. The molecular weight excluding hydrogens is 253 g/mol. The molecule has 1 aromatic carbocycles. The topological polar surface area (TPSA) is 36.4 Å². The highest BCUT2D eigenvalue weighted by Crippen LogP contribution is 2.22. The van der Waals surface area contributed by atoms with Crippen LogP contribution in [0.15, 0.2) is 29.3 Å². The van der Waals surface area contributed by atoms with E-state index in [1.165, 1.54) is 6.07 Å². The molecule has 0 unspecified atom stereocenters. The third-order valence-electron chi connectivity index (χ3n) is 3.02. The highest BCUT2D eigenvalue weighted by molar-refractivity contribution is 5.80. The van der Waals surface area contributed by atoms with Gasteiger partial charge in [0.2, 0.25) is 0 Å². The molecule has 0 saturated heterocycles. The van der Waals surface area contributed by atoms with Gasteiger partial charge in [0.25, 0.3) is 0 Å². The zero-order valence-electron chi connectivity index (χ0n) is 13.3. The van der Waals surface area contributed by atoms with Crippen LogP contribution in [0.5, 0.6) is 0 Å². The van der Waals surface area contributed by atoms with Gasteiger partial charge in [0.1, 0.15) is 5.82 Å². The second-order valence-corrected chi connectivity index (χ2v) is 6.69. The average molecular weight is 279 g/mol. The van der Waals surface area contributed by atoms with Crippen molar-refractivity contribution in [1.82, 2.24) is 10.6 Å². The van der Waals surface area contributed by atoms with Gasteiger partial charge in [-0.2, -0.15) is 0 Å². The summed E-state index contributed by atoms with van der Waals surface area (Å²) in [6, 6.07) is 6.74. The summed E-state index contributed by atoms with van der Waals surface area (Å²) >= 11 is 0. The van der Waals surface area contributed by atoms with E-state index in [1.807, 2.05) is 6.07 Å². The van der Waals surface area contributed by atoms with Crippen molar-refractivity contribution in [3.8, 4) is 0 Å². The van der Waals surface area contributed by atoms with Gasteiger partial charge in [-0.1, -0.05) is 26.0 Å². The Balaban J connectivity index is 2.72. The second-order valence-electron chi connectivity index (χ2n) is 6.69. The van der Waals surface area contributed by atoms with Gasteiger partial charge in [0.15, 0.2) is 5.96 Å². The summed E-state index contributed by atoms with van der Waals surface area (Å²) in [6.45, 7) is 11.1. The molecule has 0 aromatic heterocycles. The predicted molar refractivity (Wildman–Crippen MR) is 83.7 cm³/mol. The molecule has 112 valence electrons. The van der Waals surface area contributed by atoms with Crippen molar-refractivity contribution in [2.45, 2.75) is 45.6 Å². The van der Waals surface area contributed by atoms with Gasteiger partial charge in [-0.25, -0.2) is 4.39 Å². The largest absolute Gasteiger partial charge is 0.356 e. The van der Waals surface area contributed by atoms with Crippen LogP contribution in [0.4, 0.5) is 4.39 Å². The van der Waals surface area contributed by atoms with Crippen molar-refractivity contribution in [3.05, 3.63) is 35.6 Å². The van der Waals surface area contributed by atoms with Crippen LogP contribution in [0.1, 0.15) is 40.2 Å². The molecule has 0 saturated carbocycles. The Labute approximate surface area is 121 Å². The van der Waals surface area contributed by atoms with E-state index in [9.17, 15) is 4.39 Å². The molecule has 1 aromatic rings. The maximum atomic E-state index is 13.3. The molecule has 0 atom stereocenters. The van der Waals surface area contributed by atoms with E-state index in [1.54, 1.807) is 19.2 Å². The van der Waals surface area contributed by atoms with Crippen molar-refractivity contribution in [1.29, 1.82) is 0 Å². The zero-order valence-corrected chi connectivity index (χ0v) is 13.3. The Morgan fingerprint density at radius 2 is 1.85 bits per heavy atom. The van der Waals surface area contributed by atoms with Crippen LogP contribution in [0.3, 0.4) is 0 Å². The fraction of sp³-hybridized carbons (Fsp3) is 0.562. The molecule has 0 bridgehead atoms. The standard InChI is InChI=1S/C16H26FN3/c1-15(2,3)20-14(18-6)19-11-16(4,5)12-8-7-9-13(17)10-12/h7-10H,11H2,1-6H3,(H2,18,19,20). The van der Waals surface area contributed by atoms with Gasteiger partial charge in [0.05, 0.1) is 0 Å². The molecule has 20 heavy (non-hydrogen) atoms. The number of benzene rings is 1. The normalized spacial score (nSPS) is 13.2. The molecule has 1 rings (SSSR count). The van der Waals surface area contributed by atoms with Gasteiger partial charge in [-0.3, -0.25) is 4.99 Å². The van der Waals surface area contributed by atoms with Crippen molar-refractivity contribution in [2.24, 2.45) is 4.99 Å². The smallest absolute Gasteiger partial charge is 0.191 e. The molecule has 4 heteroatoms. The highest BCUT2D eigenvalue weighted by Gasteiger charge is 2.22. The first-order valence-corrected chi connectivity index (χ1v) is 6.89. The number of aliphatic imine (C=N–C) groups is 1. The Kier molecular flexibility index (Phi) is 5.15. The first kappa shape index (κ1) is 16.5. The molecule has 0 heterocycles. The van der Waals surface area contributed by atoms with E-state index in [0.717, 1.165) is 11.5 Å². The number of halogens is 1. The third kappa shape index (κ3) is 5.19. The summed E-state index contributed by atoms with van der Waals surface area (Å²) in [4.78, 5) is 4.21. The van der Waals surface area contributed by atoms with Crippen LogP contribution < -0.4 is 10.6 Å². The minimum atomic E-state index is -0.201. The lowest BCUT2D eigenvalue weighted by Crippen LogP contribution is -2.50. The average Bonchev–Trinajstić information content (AvgIpc) is 2.33. The second kappa shape index (κ2) is 6.25. The van der Waals surface area contributed by atoms with Crippen molar-refractivity contribution < 1.29 is 4.39 Å². The number of rotatable bonds is 3. The number of guanidine groups is 1. The quantitative estimate of drug-likeness (QED) is 0.659. The van der Waals surface area contributed by atoms with E-state index in [2.05, 4.69) is 50.2 Å². The summed E-state index contributed by atoms with van der Waals surface area (Å²) in [7, 11) is 1.75. The Hall–Kier alpha value is -1.58. The maximum absolute atomic E-state index is 13.3. The van der Waals surface area contributed by atoms with Gasteiger partial charge in [-0.15, -0.1) is 0 Å². The molecule has 3 nitrogen and oxygen atoms in total. The molecular formula is C16H26FN3. The third-order valence-corrected chi connectivity index (χ3v) is 3.02. The van der Waals surface area contributed by atoms with Gasteiger partial charge >= 0.3 is 0 Å². The zero-order chi connectivity index (χ0) is 15.4. The lowest BCUT2D eigenvalue weighted by Gasteiger charge is -2.29. The SMILES string of the molecule is CN=C(NCC(C)(C)c1cccc(F)c1)NC(C)(C)C. The van der Waals surface area contributed by atoms with Crippen LogP contribution in [0, 0.1) is 5.82 Å². The summed E-state index contributed by atoms with van der Waals surface area (Å²) < 4.78 is 13.3.